The lowest BCUT2D eigenvalue weighted by molar-refractivity contribution is 0.0697. The minimum Gasteiger partial charge on any atom is -0.478 e. The van der Waals surface area contributed by atoms with Crippen molar-refractivity contribution in [2.45, 2.75) is 0 Å². The summed E-state index contributed by atoms with van der Waals surface area (Å²) < 4.78 is 0. The van der Waals surface area contributed by atoms with E-state index in [0.717, 1.165) is 7.11 Å². The number of carbonyl (C=O) groups is 1. The molecule has 0 aliphatic carbocycles. The number of hydrogen-bond acceptors (Lipinski definition) is 4. The van der Waals surface area contributed by atoms with Gasteiger partial charge in [-0.05, 0) is 18.2 Å². The molecule has 0 amide bonds. The van der Waals surface area contributed by atoms with Gasteiger partial charge in [0.25, 0.3) is 0 Å². The maximum Gasteiger partial charge on any atom is 0.335 e. The number of nitrogens with two attached hydrogens (primary N) is 2. The molecule has 1 aromatic carbocycles. The van der Waals surface area contributed by atoms with Gasteiger partial charge in [0.2, 0.25) is 0 Å². The Morgan fingerprint density at radius 3 is 1.85 bits per heavy atom. The van der Waals surface area contributed by atoms with E-state index >= 15 is 0 Å². The van der Waals surface area contributed by atoms with E-state index in [-0.39, 0.29) is 5.56 Å². The Hall–Kier alpha value is -1.75. The van der Waals surface area contributed by atoms with Crippen molar-refractivity contribution in [2.75, 3.05) is 18.6 Å². The van der Waals surface area contributed by atoms with Crippen LogP contribution < -0.4 is 11.5 Å². The summed E-state index contributed by atoms with van der Waals surface area (Å²) >= 11 is 0. The second kappa shape index (κ2) is 5.00. The van der Waals surface area contributed by atoms with E-state index in [1.165, 1.54) is 18.2 Å². The number of aromatic carboxylic acids is 1. The van der Waals surface area contributed by atoms with Gasteiger partial charge in [0.05, 0.1) is 5.56 Å². The van der Waals surface area contributed by atoms with E-state index in [0.29, 0.717) is 11.4 Å². The lowest BCUT2D eigenvalue weighted by atomic mass is 10.2. The van der Waals surface area contributed by atoms with Crippen LogP contribution >= 0.6 is 0 Å². The van der Waals surface area contributed by atoms with E-state index in [9.17, 15) is 4.79 Å². The fraction of sp³-hybridized carbons (Fsp3) is 0.125. The van der Waals surface area contributed by atoms with Gasteiger partial charge in [-0.2, -0.15) is 0 Å². The Morgan fingerprint density at radius 2 is 1.54 bits per heavy atom. The molecule has 0 saturated heterocycles. The molecule has 0 unspecified atom stereocenters. The summed E-state index contributed by atoms with van der Waals surface area (Å²) in [6.07, 6.45) is 0. The minimum absolute atomic E-state index is 0.113. The summed E-state index contributed by atoms with van der Waals surface area (Å²) in [6.45, 7) is 0. The zero-order valence-corrected chi connectivity index (χ0v) is 7.19. The molecule has 0 radical (unpaired) electrons. The molecule has 72 valence electrons. The quantitative estimate of drug-likeness (QED) is 0.465. The van der Waals surface area contributed by atoms with Crippen molar-refractivity contribution in [1.29, 1.82) is 0 Å². The van der Waals surface area contributed by atoms with Gasteiger partial charge in [0, 0.05) is 18.5 Å². The van der Waals surface area contributed by atoms with Crippen molar-refractivity contribution < 1.29 is 15.0 Å². The average Bonchev–Trinajstić information content (AvgIpc) is 2.06. The number of carboxylic acids is 1. The normalized spacial score (nSPS) is 8.46. The number of nitrogen functional groups attached to an aromatic ring is 2. The number of carboxylic acid groups (broad SMARTS) is 1. The molecule has 0 aliphatic heterocycles. The molecule has 5 heteroatoms. The van der Waals surface area contributed by atoms with Crippen molar-refractivity contribution in [3.63, 3.8) is 0 Å². The maximum absolute atomic E-state index is 10.4. The van der Waals surface area contributed by atoms with E-state index in [2.05, 4.69) is 0 Å². The highest BCUT2D eigenvalue weighted by molar-refractivity contribution is 5.90. The van der Waals surface area contributed by atoms with Crippen LogP contribution in [0.5, 0.6) is 0 Å². The van der Waals surface area contributed by atoms with E-state index < -0.39 is 5.97 Å². The van der Waals surface area contributed by atoms with E-state index in [1.807, 2.05) is 0 Å². The zero-order chi connectivity index (χ0) is 10.4. The van der Waals surface area contributed by atoms with Crippen LogP contribution in [-0.4, -0.2) is 23.3 Å². The van der Waals surface area contributed by atoms with Gasteiger partial charge in [-0.25, -0.2) is 4.79 Å². The summed E-state index contributed by atoms with van der Waals surface area (Å²) in [5.41, 5.74) is 11.5. The van der Waals surface area contributed by atoms with Crippen LogP contribution in [-0.2, 0) is 0 Å². The second-order valence-electron chi connectivity index (χ2n) is 2.19. The Morgan fingerprint density at radius 1 is 1.15 bits per heavy atom. The number of anilines is 2. The molecule has 6 N–H and O–H groups in total. The first kappa shape index (κ1) is 11.2. The molecule has 0 aliphatic rings. The highest BCUT2D eigenvalue weighted by atomic mass is 16.4. The van der Waals surface area contributed by atoms with Crippen LogP contribution in [0.15, 0.2) is 18.2 Å². The lowest BCUT2D eigenvalue weighted by Gasteiger charge is -1.98. The van der Waals surface area contributed by atoms with Crippen LogP contribution in [0, 0.1) is 0 Å². The Labute approximate surface area is 75.6 Å². The molecule has 5 nitrogen and oxygen atoms in total. The fourth-order valence-corrected chi connectivity index (χ4v) is 0.800. The molecular weight excluding hydrogens is 172 g/mol. The second-order valence-corrected chi connectivity index (χ2v) is 2.19. The molecule has 13 heavy (non-hydrogen) atoms. The highest BCUT2D eigenvalue weighted by Crippen LogP contribution is 2.12. The highest BCUT2D eigenvalue weighted by Gasteiger charge is 2.02. The van der Waals surface area contributed by atoms with E-state index in [1.54, 1.807) is 0 Å². The molecule has 0 fully saturated rings. The molecule has 0 atom stereocenters. The van der Waals surface area contributed by atoms with Crippen LogP contribution in [0.4, 0.5) is 11.4 Å². The average molecular weight is 184 g/mol. The predicted octanol–water partition coefficient (Wildman–Crippen LogP) is 0.158. The molecule has 0 saturated carbocycles. The van der Waals surface area contributed by atoms with Crippen LogP contribution in [0.2, 0.25) is 0 Å². The van der Waals surface area contributed by atoms with Gasteiger partial charge in [-0.3, -0.25) is 0 Å². The van der Waals surface area contributed by atoms with Crippen molar-refractivity contribution in [2.24, 2.45) is 0 Å². The summed E-state index contributed by atoms with van der Waals surface area (Å²) in [7, 11) is 1.00. The first-order valence-electron chi connectivity index (χ1n) is 3.43. The topological polar surface area (TPSA) is 110 Å². The third-order valence-corrected chi connectivity index (χ3v) is 1.22. The standard InChI is InChI=1S/C7H8N2O2.CH4O/c8-5-1-4(7(10)11)2-6(9)3-5;1-2/h1-3H,8-9H2,(H,10,11);2H,1H3. The monoisotopic (exact) mass is 184 g/mol. The Balaban J connectivity index is 0.000000671. The third kappa shape index (κ3) is 3.44. The predicted molar refractivity (Wildman–Crippen MR) is 50.4 cm³/mol. The van der Waals surface area contributed by atoms with Crippen molar-refractivity contribution in [3.05, 3.63) is 23.8 Å². The Bertz CT molecular complexity index is 279. The number of rotatable bonds is 1. The molecule has 0 spiro atoms. The molecule has 0 aromatic heterocycles. The van der Waals surface area contributed by atoms with Crippen LogP contribution in [0.1, 0.15) is 10.4 Å². The summed E-state index contributed by atoms with van der Waals surface area (Å²) in [6, 6.07) is 4.23. The minimum atomic E-state index is -1.02. The zero-order valence-electron chi connectivity index (χ0n) is 7.19. The number of aliphatic hydroxyl groups is 1. The Kier molecular flexibility index (Phi) is 4.32. The summed E-state index contributed by atoms with van der Waals surface area (Å²) in [5.74, 6) is -1.02. The smallest absolute Gasteiger partial charge is 0.335 e. The van der Waals surface area contributed by atoms with Gasteiger partial charge < -0.3 is 21.7 Å². The molecular formula is C8H12N2O3. The first-order chi connectivity index (χ1) is 6.09. The molecule has 0 bridgehead atoms. The van der Waals surface area contributed by atoms with Gasteiger partial charge in [-0.15, -0.1) is 0 Å². The van der Waals surface area contributed by atoms with Crippen LogP contribution in [0.25, 0.3) is 0 Å². The van der Waals surface area contributed by atoms with Crippen LogP contribution in [0.3, 0.4) is 0 Å². The van der Waals surface area contributed by atoms with Crippen molar-refractivity contribution in [3.8, 4) is 0 Å². The molecule has 0 heterocycles. The summed E-state index contributed by atoms with van der Waals surface area (Å²) in [5, 5.41) is 15.5. The van der Waals surface area contributed by atoms with Gasteiger partial charge >= 0.3 is 5.97 Å². The fourth-order valence-electron chi connectivity index (χ4n) is 0.800. The SMILES string of the molecule is CO.Nc1cc(N)cc(C(=O)O)c1. The van der Waals surface area contributed by atoms with Crippen molar-refractivity contribution in [1.82, 2.24) is 0 Å². The van der Waals surface area contributed by atoms with Gasteiger partial charge in [0.15, 0.2) is 0 Å². The number of hydrogen-bond donors (Lipinski definition) is 4. The largest absolute Gasteiger partial charge is 0.478 e. The molecule has 1 aromatic rings. The third-order valence-electron chi connectivity index (χ3n) is 1.22. The number of benzene rings is 1. The first-order valence-corrected chi connectivity index (χ1v) is 3.43. The van der Waals surface area contributed by atoms with Gasteiger partial charge in [-0.1, -0.05) is 0 Å². The lowest BCUT2D eigenvalue weighted by Crippen LogP contribution is -1.99. The van der Waals surface area contributed by atoms with Gasteiger partial charge in [0.1, 0.15) is 0 Å². The van der Waals surface area contributed by atoms with E-state index in [4.69, 9.17) is 21.7 Å². The number of aliphatic hydroxyl groups excluding tert-OH is 1. The van der Waals surface area contributed by atoms with Crippen molar-refractivity contribution >= 4 is 17.3 Å². The molecule has 1 rings (SSSR count). The summed E-state index contributed by atoms with van der Waals surface area (Å²) in [4.78, 5) is 10.4. The maximum atomic E-state index is 10.4.